The van der Waals surface area contributed by atoms with Crippen molar-refractivity contribution in [2.75, 3.05) is 20.3 Å². The second-order valence-corrected chi connectivity index (χ2v) is 4.94. The molecule has 1 saturated heterocycles. The fourth-order valence-corrected chi connectivity index (χ4v) is 2.25. The molecule has 0 unspecified atom stereocenters. The van der Waals surface area contributed by atoms with Gasteiger partial charge < -0.3 is 14.8 Å². The van der Waals surface area contributed by atoms with Gasteiger partial charge in [0.15, 0.2) is 0 Å². The number of ether oxygens (including phenoxy) is 2. The van der Waals surface area contributed by atoms with E-state index >= 15 is 0 Å². The van der Waals surface area contributed by atoms with Gasteiger partial charge in [-0.3, -0.25) is 4.79 Å². The SMILES string of the molecule is COC(=O)[C@@H](Cc1ccccc1F)NC(=O)[C@@H]1CCOC1. The highest BCUT2D eigenvalue weighted by Crippen LogP contribution is 2.14. The first-order chi connectivity index (χ1) is 10.1. The highest BCUT2D eigenvalue weighted by Gasteiger charge is 2.29. The Labute approximate surface area is 122 Å². The van der Waals surface area contributed by atoms with E-state index in [0.717, 1.165) is 0 Å². The average Bonchev–Trinajstić information content (AvgIpc) is 3.02. The van der Waals surface area contributed by atoms with E-state index in [1.807, 2.05) is 0 Å². The molecule has 1 heterocycles. The number of hydrogen-bond acceptors (Lipinski definition) is 4. The van der Waals surface area contributed by atoms with Gasteiger partial charge in [0.1, 0.15) is 11.9 Å². The smallest absolute Gasteiger partial charge is 0.328 e. The molecule has 1 aliphatic rings. The van der Waals surface area contributed by atoms with Crippen LogP contribution in [0.5, 0.6) is 0 Å². The quantitative estimate of drug-likeness (QED) is 0.825. The Kier molecular flexibility index (Phi) is 5.27. The van der Waals surface area contributed by atoms with Crippen LogP contribution >= 0.6 is 0 Å². The first-order valence-electron chi connectivity index (χ1n) is 6.81. The van der Waals surface area contributed by atoms with Gasteiger partial charge in [-0.25, -0.2) is 9.18 Å². The van der Waals surface area contributed by atoms with Crippen molar-refractivity contribution >= 4 is 11.9 Å². The molecule has 2 atom stereocenters. The standard InChI is InChI=1S/C15H18FNO4/c1-20-15(19)13(8-10-4-2-3-5-12(10)16)17-14(18)11-6-7-21-9-11/h2-5,11,13H,6-9H2,1H3,(H,17,18)/t11-,13-/m1/s1. The molecule has 0 radical (unpaired) electrons. The summed E-state index contributed by atoms with van der Waals surface area (Å²) in [5, 5.41) is 2.63. The second kappa shape index (κ2) is 7.17. The first kappa shape index (κ1) is 15.4. The lowest BCUT2D eigenvalue weighted by molar-refractivity contribution is -0.145. The molecule has 0 spiro atoms. The fourth-order valence-electron chi connectivity index (χ4n) is 2.25. The van der Waals surface area contributed by atoms with E-state index in [2.05, 4.69) is 10.1 Å². The van der Waals surface area contributed by atoms with Crippen molar-refractivity contribution in [2.45, 2.75) is 18.9 Å². The van der Waals surface area contributed by atoms with Gasteiger partial charge in [0.2, 0.25) is 5.91 Å². The molecule has 5 nitrogen and oxygen atoms in total. The van der Waals surface area contributed by atoms with Crippen LogP contribution in [0, 0.1) is 11.7 Å². The Morgan fingerprint density at radius 3 is 2.86 bits per heavy atom. The fraction of sp³-hybridized carbons (Fsp3) is 0.467. The summed E-state index contributed by atoms with van der Waals surface area (Å²) in [7, 11) is 1.24. The summed E-state index contributed by atoms with van der Waals surface area (Å²) in [5.41, 5.74) is 0.357. The summed E-state index contributed by atoms with van der Waals surface area (Å²) in [6, 6.07) is 5.24. The lowest BCUT2D eigenvalue weighted by Gasteiger charge is -2.18. The average molecular weight is 295 g/mol. The molecule has 0 aliphatic carbocycles. The van der Waals surface area contributed by atoms with E-state index in [0.29, 0.717) is 25.2 Å². The molecule has 0 aromatic heterocycles. The molecule has 1 aromatic rings. The van der Waals surface area contributed by atoms with Crippen LogP contribution in [0.2, 0.25) is 0 Å². The molecule has 0 saturated carbocycles. The van der Waals surface area contributed by atoms with E-state index in [1.54, 1.807) is 18.2 Å². The van der Waals surface area contributed by atoms with Crippen molar-refractivity contribution in [1.82, 2.24) is 5.32 Å². The highest BCUT2D eigenvalue weighted by molar-refractivity contribution is 5.86. The number of amides is 1. The Morgan fingerprint density at radius 1 is 1.48 bits per heavy atom. The van der Waals surface area contributed by atoms with Crippen LogP contribution in [0.15, 0.2) is 24.3 Å². The van der Waals surface area contributed by atoms with Crippen LogP contribution < -0.4 is 5.32 Å². The normalized spacial score (nSPS) is 19.0. The molecule has 1 aromatic carbocycles. The molecule has 0 bridgehead atoms. The Morgan fingerprint density at radius 2 is 2.24 bits per heavy atom. The summed E-state index contributed by atoms with van der Waals surface area (Å²) in [6.07, 6.45) is 0.679. The van der Waals surface area contributed by atoms with Crippen molar-refractivity contribution in [3.63, 3.8) is 0 Å². The zero-order valence-electron chi connectivity index (χ0n) is 11.8. The van der Waals surface area contributed by atoms with Gasteiger partial charge in [-0.15, -0.1) is 0 Å². The third-order valence-corrected chi connectivity index (χ3v) is 3.48. The van der Waals surface area contributed by atoms with Gasteiger partial charge in [0, 0.05) is 13.0 Å². The van der Waals surface area contributed by atoms with Crippen LogP contribution in [0.25, 0.3) is 0 Å². The van der Waals surface area contributed by atoms with Gasteiger partial charge >= 0.3 is 5.97 Å². The number of halogens is 1. The number of methoxy groups -OCH3 is 1. The molecule has 6 heteroatoms. The van der Waals surface area contributed by atoms with Crippen LogP contribution in [0.1, 0.15) is 12.0 Å². The molecule has 1 amide bonds. The summed E-state index contributed by atoms with van der Waals surface area (Å²) in [4.78, 5) is 23.8. The van der Waals surface area contributed by atoms with Crippen LogP contribution in [0.3, 0.4) is 0 Å². The van der Waals surface area contributed by atoms with E-state index in [4.69, 9.17) is 4.74 Å². The van der Waals surface area contributed by atoms with Gasteiger partial charge in [0.25, 0.3) is 0 Å². The molecule has 114 valence electrons. The molecule has 2 rings (SSSR count). The third kappa shape index (κ3) is 4.01. The number of hydrogen-bond donors (Lipinski definition) is 1. The number of nitrogens with one attached hydrogen (secondary N) is 1. The monoisotopic (exact) mass is 295 g/mol. The summed E-state index contributed by atoms with van der Waals surface area (Å²) in [6.45, 7) is 0.883. The predicted molar refractivity (Wildman–Crippen MR) is 73.0 cm³/mol. The van der Waals surface area contributed by atoms with Gasteiger partial charge in [0.05, 0.1) is 19.6 Å². The van der Waals surface area contributed by atoms with Gasteiger partial charge in [-0.1, -0.05) is 18.2 Å². The minimum atomic E-state index is -0.903. The van der Waals surface area contributed by atoms with Crippen LogP contribution in [-0.4, -0.2) is 38.2 Å². The zero-order chi connectivity index (χ0) is 15.2. The third-order valence-electron chi connectivity index (χ3n) is 3.48. The predicted octanol–water partition coefficient (Wildman–Crippen LogP) is 1.06. The Hall–Kier alpha value is -1.95. The van der Waals surface area contributed by atoms with Crippen molar-refractivity contribution in [3.05, 3.63) is 35.6 Å². The maximum absolute atomic E-state index is 13.7. The lowest BCUT2D eigenvalue weighted by atomic mass is 10.0. The summed E-state index contributed by atoms with van der Waals surface area (Å²) < 4.78 is 23.5. The molecular weight excluding hydrogens is 277 g/mol. The van der Waals surface area contributed by atoms with Crippen molar-refractivity contribution in [1.29, 1.82) is 0 Å². The minimum absolute atomic E-state index is 0.0542. The van der Waals surface area contributed by atoms with E-state index in [9.17, 15) is 14.0 Å². The maximum atomic E-state index is 13.7. The molecule has 1 N–H and O–H groups in total. The maximum Gasteiger partial charge on any atom is 0.328 e. The first-order valence-corrected chi connectivity index (χ1v) is 6.81. The van der Waals surface area contributed by atoms with Crippen LogP contribution in [0.4, 0.5) is 4.39 Å². The minimum Gasteiger partial charge on any atom is -0.467 e. The Balaban J connectivity index is 2.06. The summed E-state index contributed by atoms with van der Waals surface area (Å²) in [5.74, 6) is -1.53. The zero-order valence-corrected chi connectivity index (χ0v) is 11.8. The molecule has 21 heavy (non-hydrogen) atoms. The number of carbonyl (C=O) groups excluding carboxylic acids is 2. The number of rotatable bonds is 5. The second-order valence-electron chi connectivity index (χ2n) is 4.94. The van der Waals surface area contributed by atoms with E-state index in [-0.39, 0.29) is 18.2 Å². The van der Waals surface area contributed by atoms with Crippen molar-refractivity contribution in [2.24, 2.45) is 5.92 Å². The number of benzene rings is 1. The molecule has 1 fully saturated rings. The van der Waals surface area contributed by atoms with Gasteiger partial charge in [-0.2, -0.15) is 0 Å². The van der Waals surface area contributed by atoms with E-state index < -0.39 is 17.8 Å². The van der Waals surface area contributed by atoms with Crippen molar-refractivity contribution < 1.29 is 23.5 Å². The highest BCUT2D eigenvalue weighted by atomic mass is 19.1. The number of carbonyl (C=O) groups is 2. The topological polar surface area (TPSA) is 64.6 Å². The lowest BCUT2D eigenvalue weighted by Crippen LogP contribution is -2.45. The van der Waals surface area contributed by atoms with Crippen LogP contribution in [-0.2, 0) is 25.5 Å². The largest absolute Gasteiger partial charge is 0.467 e. The molecular formula is C15H18FNO4. The van der Waals surface area contributed by atoms with Gasteiger partial charge in [-0.05, 0) is 18.1 Å². The van der Waals surface area contributed by atoms with E-state index in [1.165, 1.54) is 13.2 Å². The Bertz CT molecular complexity index is 514. The van der Waals surface area contributed by atoms with Crippen molar-refractivity contribution in [3.8, 4) is 0 Å². The summed E-state index contributed by atoms with van der Waals surface area (Å²) >= 11 is 0. The number of esters is 1. The molecule has 1 aliphatic heterocycles.